The maximum atomic E-state index is 13.3. The summed E-state index contributed by atoms with van der Waals surface area (Å²) in [5.74, 6) is -1.56. The molecule has 170 valence electrons. The fraction of sp³-hybridized carbons (Fsp3) is 0.318. The molecule has 1 aliphatic carbocycles. The van der Waals surface area contributed by atoms with Crippen LogP contribution in [0, 0.1) is 5.82 Å². The smallest absolute Gasteiger partial charge is 0.322 e. The van der Waals surface area contributed by atoms with Crippen molar-refractivity contribution in [3.8, 4) is 11.1 Å². The molecular weight excluding hydrogens is 449 g/mol. The fourth-order valence-corrected chi connectivity index (χ4v) is 5.36. The molecule has 2 N–H and O–H groups in total. The summed E-state index contributed by atoms with van der Waals surface area (Å²) in [5, 5.41) is 5.50. The molecule has 11 heteroatoms. The van der Waals surface area contributed by atoms with E-state index in [1.54, 1.807) is 17.5 Å². The normalized spacial score (nSPS) is 17.5. The van der Waals surface area contributed by atoms with E-state index in [9.17, 15) is 23.6 Å². The minimum Gasteiger partial charge on any atom is -0.322 e. The van der Waals surface area contributed by atoms with Crippen molar-refractivity contribution in [1.82, 2.24) is 25.3 Å². The van der Waals surface area contributed by atoms with Gasteiger partial charge in [0.2, 0.25) is 0 Å². The molecule has 5 rings (SSSR count). The number of nitrogens with one attached hydrogen (secondary N) is 2. The zero-order chi connectivity index (χ0) is 23.2. The monoisotopic (exact) mass is 469 g/mol. The second-order valence-electron chi connectivity index (χ2n) is 8.26. The number of aromatic nitrogens is 2. The molecule has 2 fully saturated rings. The molecular formula is C22H20FN5O4S. The Bertz CT molecular complexity index is 1330. The zero-order valence-corrected chi connectivity index (χ0v) is 18.3. The second kappa shape index (κ2) is 8.07. The Kier molecular flexibility index (Phi) is 5.20. The van der Waals surface area contributed by atoms with Gasteiger partial charge >= 0.3 is 6.03 Å². The SMILES string of the molecule is O=C(Cn1cnc2scc(-c3ccc(F)cc3)c2c1=O)NN1C(=O)NC2(CCCCC2)C1=O. The summed E-state index contributed by atoms with van der Waals surface area (Å²) in [6.45, 7) is -0.426. The number of nitrogens with zero attached hydrogens (tertiary/aromatic N) is 3. The van der Waals surface area contributed by atoms with E-state index in [0.29, 0.717) is 39.2 Å². The number of imide groups is 1. The topological polar surface area (TPSA) is 113 Å². The first-order valence-electron chi connectivity index (χ1n) is 10.6. The molecule has 2 aromatic heterocycles. The first-order chi connectivity index (χ1) is 15.9. The molecule has 1 saturated heterocycles. The van der Waals surface area contributed by atoms with E-state index >= 15 is 0 Å². The van der Waals surface area contributed by atoms with Gasteiger partial charge in [-0.2, -0.15) is 5.01 Å². The Balaban J connectivity index is 1.38. The number of rotatable bonds is 4. The molecule has 1 spiro atoms. The third-order valence-corrected chi connectivity index (χ3v) is 7.02. The lowest BCUT2D eigenvalue weighted by Gasteiger charge is -2.30. The van der Waals surface area contributed by atoms with Crippen LogP contribution in [0.15, 0.2) is 40.8 Å². The number of hydrazine groups is 1. The van der Waals surface area contributed by atoms with Gasteiger partial charge in [0.05, 0.1) is 11.7 Å². The molecule has 1 aliphatic heterocycles. The summed E-state index contributed by atoms with van der Waals surface area (Å²) in [7, 11) is 0. The highest BCUT2D eigenvalue weighted by Gasteiger charge is 2.52. The highest BCUT2D eigenvalue weighted by Crippen LogP contribution is 2.33. The number of halogens is 1. The molecule has 0 radical (unpaired) electrons. The van der Waals surface area contributed by atoms with Gasteiger partial charge in [-0.15, -0.1) is 11.3 Å². The molecule has 3 aromatic rings. The number of fused-ring (bicyclic) bond motifs is 1. The van der Waals surface area contributed by atoms with Gasteiger partial charge < -0.3 is 5.32 Å². The molecule has 2 aliphatic rings. The Morgan fingerprint density at radius 1 is 1.15 bits per heavy atom. The van der Waals surface area contributed by atoms with Crippen molar-refractivity contribution < 1.29 is 18.8 Å². The maximum Gasteiger partial charge on any atom is 0.344 e. The largest absolute Gasteiger partial charge is 0.344 e. The first kappa shape index (κ1) is 21.3. The molecule has 4 amide bonds. The predicted molar refractivity (Wildman–Crippen MR) is 119 cm³/mol. The Morgan fingerprint density at radius 2 is 1.88 bits per heavy atom. The van der Waals surface area contributed by atoms with E-state index in [1.807, 2.05) is 0 Å². The van der Waals surface area contributed by atoms with Gasteiger partial charge in [0.15, 0.2) is 0 Å². The van der Waals surface area contributed by atoms with Crippen molar-refractivity contribution in [2.24, 2.45) is 0 Å². The quantitative estimate of drug-likeness (QED) is 0.570. The summed E-state index contributed by atoms with van der Waals surface area (Å²) < 4.78 is 14.4. The molecule has 9 nitrogen and oxygen atoms in total. The number of benzene rings is 1. The van der Waals surface area contributed by atoms with Crippen LogP contribution in [0.3, 0.4) is 0 Å². The van der Waals surface area contributed by atoms with Gasteiger partial charge in [0, 0.05) is 10.9 Å². The van der Waals surface area contributed by atoms with Crippen LogP contribution in [-0.2, 0) is 16.1 Å². The summed E-state index contributed by atoms with van der Waals surface area (Å²) in [6.07, 6.45) is 4.97. The second-order valence-corrected chi connectivity index (χ2v) is 9.12. The Hall–Kier alpha value is -3.60. The lowest BCUT2D eigenvalue weighted by Crippen LogP contribution is -2.51. The van der Waals surface area contributed by atoms with Crippen molar-refractivity contribution >= 4 is 39.4 Å². The van der Waals surface area contributed by atoms with Crippen LogP contribution in [0.5, 0.6) is 0 Å². The Labute approximate surface area is 191 Å². The number of hydrogen-bond donors (Lipinski definition) is 2. The summed E-state index contributed by atoms with van der Waals surface area (Å²) in [4.78, 5) is 55.7. The van der Waals surface area contributed by atoms with Crippen LogP contribution in [0.1, 0.15) is 32.1 Å². The summed E-state index contributed by atoms with van der Waals surface area (Å²) in [5.41, 5.74) is 2.17. The maximum absolute atomic E-state index is 13.3. The third-order valence-electron chi connectivity index (χ3n) is 6.14. The number of hydrogen-bond acceptors (Lipinski definition) is 6. The fourth-order valence-electron chi connectivity index (χ4n) is 4.45. The van der Waals surface area contributed by atoms with E-state index in [0.717, 1.165) is 23.8 Å². The van der Waals surface area contributed by atoms with Gasteiger partial charge in [-0.05, 0) is 30.5 Å². The van der Waals surface area contributed by atoms with Crippen molar-refractivity contribution in [2.75, 3.05) is 0 Å². The third kappa shape index (κ3) is 3.67. The summed E-state index contributed by atoms with van der Waals surface area (Å²) in [6, 6.07) is 5.07. The zero-order valence-electron chi connectivity index (χ0n) is 17.5. The lowest BCUT2D eigenvalue weighted by molar-refractivity contribution is -0.140. The van der Waals surface area contributed by atoms with Crippen molar-refractivity contribution in [3.05, 3.63) is 52.1 Å². The van der Waals surface area contributed by atoms with E-state index in [1.165, 1.54) is 29.8 Å². The number of carbonyl (C=O) groups is 3. The average molecular weight is 469 g/mol. The van der Waals surface area contributed by atoms with Crippen LogP contribution in [0.25, 0.3) is 21.3 Å². The highest BCUT2D eigenvalue weighted by molar-refractivity contribution is 7.17. The van der Waals surface area contributed by atoms with Crippen LogP contribution in [-0.4, -0.2) is 37.9 Å². The molecule has 1 saturated carbocycles. The van der Waals surface area contributed by atoms with Crippen molar-refractivity contribution in [1.29, 1.82) is 0 Å². The predicted octanol–water partition coefficient (Wildman–Crippen LogP) is 2.55. The molecule has 1 aromatic carbocycles. The lowest BCUT2D eigenvalue weighted by atomic mass is 9.82. The molecule has 0 atom stereocenters. The minimum atomic E-state index is -0.958. The van der Waals surface area contributed by atoms with Crippen LogP contribution >= 0.6 is 11.3 Å². The molecule has 0 bridgehead atoms. The van der Waals surface area contributed by atoms with Gasteiger partial charge in [0.1, 0.15) is 22.7 Å². The van der Waals surface area contributed by atoms with Crippen molar-refractivity contribution in [3.63, 3.8) is 0 Å². The standard InChI is InChI=1S/C22H20FN5O4S/c23-14-6-4-13(5-7-14)15-11-33-18-17(15)19(30)27(12-24-18)10-16(29)26-28-20(31)22(25-21(28)32)8-2-1-3-9-22/h4-7,11-12H,1-3,8-10H2,(H,25,32)(H,26,29). The highest BCUT2D eigenvalue weighted by atomic mass is 32.1. The first-order valence-corrected chi connectivity index (χ1v) is 11.4. The number of carbonyl (C=O) groups excluding carboxylic acids is 3. The number of amides is 4. The van der Waals surface area contributed by atoms with E-state index in [-0.39, 0.29) is 5.82 Å². The van der Waals surface area contributed by atoms with Gasteiger partial charge in [-0.1, -0.05) is 31.4 Å². The van der Waals surface area contributed by atoms with Gasteiger partial charge in [-0.25, -0.2) is 14.2 Å². The Morgan fingerprint density at radius 3 is 2.61 bits per heavy atom. The van der Waals surface area contributed by atoms with Gasteiger partial charge in [-0.3, -0.25) is 24.4 Å². The molecule has 0 unspecified atom stereocenters. The van der Waals surface area contributed by atoms with Crippen LogP contribution in [0.4, 0.5) is 9.18 Å². The molecule has 33 heavy (non-hydrogen) atoms. The summed E-state index contributed by atoms with van der Waals surface area (Å²) >= 11 is 1.27. The average Bonchev–Trinajstić information content (AvgIpc) is 3.33. The van der Waals surface area contributed by atoms with E-state index in [2.05, 4.69) is 15.7 Å². The number of thiophene rings is 1. The van der Waals surface area contributed by atoms with E-state index < -0.39 is 35.5 Å². The number of urea groups is 1. The van der Waals surface area contributed by atoms with Crippen LogP contribution in [0.2, 0.25) is 0 Å². The minimum absolute atomic E-state index is 0.318. The van der Waals surface area contributed by atoms with Gasteiger partial charge in [0.25, 0.3) is 17.4 Å². The van der Waals surface area contributed by atoms with E-state index in [4.69, 9.17) is 0 Å². The molecule has 3 heterocycles. The van der Waals surface area contributed by atoms with Crippen molar-refractivity contribution in [2.45, 2.75) is 44.2 Å². The van der Waals surface area contributed by atoms with Crippen LogP contribution < -0.4 is 16.3 Å².